The van der Waals surface area contributed by atoms with Crippen molar-refractivity contribution in [3.63, 3.8) is 0 Å². The molecule has 28 heavy (non-hydrogen) atoms. The van der Waals surface area contributed by atoms with Crippen molar-refractivity contribution in [3.05, 3.63) is 59.9 Å². The van der Waals surface area contributed by atoms with Crippen molar-refractivity contribution in [2.45, 2.75) is 26.3 Å². The largest absolute Gasteiger partial charge is 0.481 e. The minimum absolute atomic E-state index is 0.153. The molecule has 0 fully saturated rings. The summed E-state index contributed by atoms with van der Waals surface area (Å²) in [5, 5.41) is 14.0. The van der Waals surface area contributed by atoms with E-state index in [0.29, 0.717) is 12.3 Å². The van der Waals surface area contributed by atoms with Gasteiger partial charge in [0, 0.05) is 18.2 Å². The highest BCUT2D eigenvalue weighted by atomic mass is 16.5. The summed E-state index contributed by atoms with van der Waals surface area (Å²) in [6, 6.07) is 14.4. The molecule has 3 rings (SSSR count). The summed E-state index contributed by atoms with van der Waals surface area (Å²) in [7, 11) is 3.71. The van der Waals surface area contributed by atoms with Gasteiger partial charge in [0.05, 0.1) is 36.4 Å². The van der Waals surface area contributed by atoms with Crippen LogP contribution in [0.3, 0.4) is 0 Å². The maximum absolute atomic E-state index is 9.15. The maximum atomic E-state index is 9.15. The smallest absolute Gasteiger partial charge is 0.213 e. The zero-order chi connectivity index (χ0) is 20.1. The molecule has 0 amide bonds. The lowest BCUT2D eigenvalue weighted by molar-refractivity contribution is 0.270. The van der Waals surface area contributed by atoms with Crippen molar-refractivity contribution in [1.29, 1.82) is 0 Å². The van der Waals surface area contributed by atoms with Crippen LogP contribution in [0.2, 0.25) is 0 Å². The molecule has 2 heterocycles. The average molecular weight is 380 g/mol. The van der Waals surface area contributed by atoms with Crippen molar-refractivity contribution in [2.24, 2.45) is 0 Å². The topological polar surface area (TPSA) is 63.4 Å². The predicted molar refractivity (Wildman–Crippen MR) is 111 cm³/mol. The van der Waals surface area contributed by atoms with E-state index in [9.17, 15) is 0 Å². The fourth-order valence-corrected chi connectivity index (χ4v) is 3.10. The summed E-state index contributed by atoms with van der Waals surface area (Å²) in [5.41, 5.74) is 5.08. The van der Waals surface area contributed by atoms with Crippen LogP contribution in [0.15, 0.2) is 48.7 Å². The first-order valence-electron chi connectivity index (χ1n) is 9.58. The molecule has 1 aromatic carbocycles. The Labute approximate surface area is 166 Å². The van der Waals surface area contributed by atoms with E-state index in [1.165, 1.54) is 0 Å². The van der Waals surface area contributed by atoms with Crippen LogP contribution in [-0.4, -0.2) is 52.1 Å². The molecule has 1 N–H and O–H groups in total. The first kappa shape index (κ1) is 20.0. The molecule has 6 nitrogen and oxygen atoms in total. The van der Waals surface area contributed by atoms with Crippen LogP contribution < -0.4 is 4.74 Å². The van der Waals surface area contributed by atoms with Gasteiger partial charge >= 0.3 is 0 Å². The van der Waals surface area contributed by atoms with Crippen molar-refractivity contribution in [3.8, 4) is 22.8 Å². The molecule has 0 aliphatic heterocycles. The highest BCUT2D eigenvalue weighted by molar-refractivity contribution is 5.63. The van der Waals surface area contributed by atoms with Crippen molar-refractivity contribution >= 4 is 0 Å². The van der Waals surface area contributed by atoms with Gasteiger partial charge in [-0.15, -0.1) is 0 Å². The molecule has 0 aliphatic carbocycles. The third-order valence-corrected chi connectivity index (χ3v) is 5.14. The number of rotatable bonds is 8. The lowest BCUT2D eigenvalue weighted by atomic mass is 10.1. The van der Waals surface area contributed by atoms with Crippen LogP contribution in [0.5, 0.6) is 5.88 Å². The van der Waals surface area contributed by atoms with E-state index in [0.717, 1.165) is 34.7 Å². The average Bonchev–Trinajstić information content (AvgIpc) is 3.19. The number of nitrogens with zero attached hydrogens (tertiary/aromatic N) is 4. The van der Waals surface area contributed by atoms with Crippen molar-refractivity contribution in [2.75, 3.05) is 27.3 Å². The summed E-state index contributed by atoms with van der Waals surface area (Å²) in [6.07, 6.45) is 2.43. The second-order valence-corrected chi connectivity index (χ2v) is 6.84. The Morgan fingerprint density at radius 3 is 2.50 bits per heavy atom. The first-order valence-corrected chi connectivity index (χ1v) is 9.58. The molecule has 0 bridgehead atoms. The standard InChI is InChI=1S/C22H28N4O2/c1-5-25(3)16(2)20-14-21(18-8-6-17(7-9-18)12-13-27)26(24-20)19-10-11-22(28-4)23-15-19/h6-11,14-16,27H,5,12-13H2,1-4H3. The Morgan fingerprint density at radius 1 is 1.18 bits per heavy atom. The third kappa shape index (κ3) is 4.24. The van der Waals surface area contributed by atoms with Gasteiger partial charge < -0.3 is 9.84 Å². The van der Waals surface area contributed by atoms with E-state index in [-0.39, 0.29) is 12.6 Å². The molecule has 0 aliphatic rings. The highest BCUT2D eigenvalue weighted by Gasteiger charge is 2.18. The zero-order valence-corrected chi connectivity index (χ0v) is 17.0. The Morgan fingerprint density at radius 2 is 1.93 bits per heavy atom. The Hall–Kier alpha value is -2.70. The molecule has 0 saturated carbocycles. The molecule has 1 atom stereocenters. The summed E-state index contributed by atoms with van der Waals surface area (Å²) >= 11 is 0. The fraction of sp³-hybridized carbons (Fsp3) is 0.364. The lowest BCUT2D eigenvalue weighted by Crippen LogP contribution is -2.22. The van der Waals surface area contributed by atoms with Gasteiger partial charge in [-0.2, -0.15) is 5.10 Å². The van der Waals surface area contributed by atoms with Crippen LogP contribution >= 0.6 is 0 Å². The van der Waals surface area contributed by atoms with E-state index >= 15 is 0 Å². The minimum atomic E-state index is 0.153. The number of benzene rings is 1. The second kappa shape index (κ2) is 8.99. The molecular formula is C22H28N4O2. The SMILES string of the molecule is CCN(C)C(C)c1cc(-c2ccc(CCO)cc2)n(-c2ccc(OC)nc2)n1. The molecule has 1 unspecified atom stereocenters. The summed E-state index contributed by atoms with van der Waals surface area (Å²) in [4.78, 5) is 6.59. The fourth-order valence-electron chi connectivity index (χ4n) is 3.10. The van der Waals surface area contributed by atoms with Crippen LogP contribution in [0.4, 0.5) is 0 Å². The van der Waals surface area contributed by atoms with E-state index < -0.39 is 0 Å². The number of aliphatic hydroxyl groups is 1. The summed E-state index contributed by atoms with van der Waals surface area (Å²) in [6.45, 7) is 5.40. The number of hydrogen-bond acceptors (Lipinski definition) is 5. The number of ether oxygens (including phenoxy) is 1. The molecule has 6 heteroatoms. The molecule has 0 saturated heterocycles. The summed E-state index contributed by atoms with van der Waals surface area (Å²) in [5.74, 6) is 0.574. The van der Waals surface area contributed by atoms with Crippen LogP contribution in [-0.2, 0) is 6.42 Å². The van der Waals surface area contributed by atoms with Crippen molar-refractivity contribution < 1.29 is 9.84 Å². The van der Waals surface area contributed by atoms with Gasteiger partial charge in [-0.3, -0.25) is 4.90 Å². The third-order valence-electron chi connectivity index (χ3n) is 5.14. The van der Waals surface area contributed by atoms with Gasteiger partial charge in [0.1, 0.15) is 0 Å². The van der Waals surface area contributed by atoms with Gasteiger partial charge in [0.25, 0.3) is 0 Å². The van der Waals surface area contributed by atoms with Crippen LogP contribution in [0.25, 0.3) is 16.9 Å². The van der Waals surface area contributed by atoms with E-state index in [4.69, 9.17) is 14.9 Å². The molecule has 0 spiro atoms. The van der Waals surface area contributed by atoms with Crippen LogP contribution in [0.1, 0.15) is 31.1 Å². The predicted octanol–water partition coefficient (Wildman–Crippen LogP) is 3.49. The summed E-state index contributed by atoms with van der Waals surface area (Å²) < 4.78 is 7.11. The van der Waals surface area contributed by atoms with Gasteiger partial charge in [0.15, 0.2) is 0 Å². The number of hydrogen-bond donors (Lipinski definition) is 1. The normalized spacial score (nSPS) is 12.4. The van der Waals surface area contributed by atoms with Gasteiger partial charge in [0.2, 0.25) is 5.88 Å². The Kier molecular flexibility index (Phi) is 6.44. The highest BCUT2D eigenvalue weighted by Crippen LogP contribution is 2.28. The minimum Gasteiger partial charge on any atom is -0.481 e. The number of aliphatic hydroxyl groups excluding tert-OH is 1. The first-order chi connectivity index (χ1) is 13.6. The lowest BCUT2D eigenvalue weighted by Gasteiger charge is -2.20. The molecule has 0 radical (unpaired) electrons. The Balaban J connectivity index is 2.06. The second-order valence-electron chi connectivity index (χ2n) is 6.84. The van der Waals surface area contributed by atoms with Crippen molar-refractivity contribution in [1.82, 2.24) is 19.7 Å². The molecular weight excluding hydrogens is 352 g/mol. The van der Waals surface area contributed by atoms with E-state index in [1.54, 1.807) is 13.3 Å². The number of methoxy groups -OCH3 is 1. The molecule has 148 valence electrons. The molecule has 3 aromatic rings. The number of pyridine rings is 1. The van der Waals surface area contributed by atoms with Gasteiger partial charge in [-0.25, -0.2) is 9.67 Å². The van der Waals surface area contributed by atoms with Crippen LogP contribution in [0, 0.1) is 0 Å². The number of aromatic nitrogens is 3. The van der Waals surface area contributed by atoms with E-state index in [1.807, 2.05) is 16.8 Å². The zero-order valence-electron chi connectivity index (χ0n) is 17.0. The van der Waals surface area contributed by atoms with E-state index in [2.05, 4.69) is 61.1 Å². The van der Waals surface area contributed by atoms with Gasteiger partial charge in [-0.1, -0.05) is 31.2 Å². The maximum Gasteiger partial charge on any atom is 0.213 e. The van der Waals surface area contributed by atoms with Gasteiger partial charge in [-0.05, 0) is 44.6 Å². The monoisotopic (exact) mass is 380 g/mol. The quantitative estimate of drug-likeness (QED) is 0.648. The Bertz CT molecular complexity index is 888. The molecule has 2 aromatic heterocycles.